The van der Waals surface area contributed by atoms with E-state index in [1.54, 1.807) is 0 Å². The standard InChI is InChI=1S/C13H16BrN3/c1-17-12-10(9-4-3-7-15-8-9)5-2-6-11(12)13(14)16-17/h2,5-6,9,15H,3-4,7-8H2,1H3. The second-order valence-electron chi connectivity index (χ2n) is 4.70. The minimum Gasteiger partial charge on any atom is -0.316 e. The van der Waals surface area contributed by atoms with Crippen LogP contribution in [0.25, 0.3) is 10.9 Å². The van der Waals surface area contributed by atoms with E-state index in [2.05, 4.69) is 44.5 Å². The van der Waals surface area contributed by atoms with Gasteiger partial charge in [-0.15, -0.1) is 0 Å². The van der Waals surface area contributed by atoms with Gasteiger partial charge < -0.3 is 5.32 Å². The van der Waals surface area contributed by atoms with Crippen molar-refractivity contribution in [3.63, 3.8) is 0 Å². The van der Waals surface area contributed by atoms with Crippen LogP contribution < -0.4 is 5.32 Å². The molecule has 4 heteroatoms. The molecule has 1 unspecified atom stereocenters. The first kappa shape index (κ1) is 11.2. The van der Waals surface area contributed by atoms with Crippen LogP contribution in [0.4, 0.5) is 0 Å². The Balaban J connectivity index is 2.15. The molecule has 1 N–H and O–H groups in total. The van der Waals surface area contributed by atoms with E-state index >= 15 is 0 Å². The fourth-order valence-electron chi connectivity index (χ4n) is 2.77. The van der Waals surface area contributed by atoms with Crippen LogP contribution in [0.15, 0.2) is 22.8 Å². The summed E-state index contributed by atoms with van der Waals surface area (Å²) in [4.78, 5) is 0. The molecule has 1 atom stereocenters. The predicted octanol–water partition coefficient (Wildman–Crippen LogP) is 2.80. The lowest BCUT2D eigenvalue weighted by molar-refractivity contribution is 0.462. The van der Waals surface area contributed by atoms with Gasteiger partial charge in [0.1, 0.15) is 4.60 Å². The number of aryl methyl sites for hydroxylation is 1. The van der Waals surface area contributed by atoms with Gasteiger partial charge in [0.05, 0.1) is 5.52 Å². The summed E-state index contributed by atoms with van der Waals surface area (Å²) in [5.41, 5.74) is 2.70. The molecule has 1 aromatic carbocycles. The van der Waals surface area contributed by atoms with Crippen molar-refractivity contribution in [3.05, 3.63) is 28.4 Å². The summed E-state index contributed by atoms with van der Waals surface area (Å²) >= 11 is 3.53. The molecule has 0 spiro atoms. The van der Waals surface area contributed by atoms with E-state index in [4.69, 9.17) is 0 Å². The molecule has 3 rings (SSSR count). The lowest BCUT2D eigenvalue weighted by Crippen LogP contribution is -2.28. The minimum absolute atomic E-state index is 0.620. The van der Waals surface area contributed by atoms with Crippen molar-refractivity contribution in [3.8, 4) is 0 Å². The van der Waals surface area contributed by atoms with Gasteiger partial charge in [0, 0.05) is 19.0 Å². The topological polar surface area (TPSA) is 29.9 Å². The number of benzene rings is 1. The van der Waals surface area contributed by atoms with E-state index in [0.717, 1.165) is 17.7 Å². The number of hydrogen-bond acceptors (Lipinski definition) is 2. The number of nitrogens with one attached hydrogen (secondary N) is 1. The Bertz CT molecular complexity index is 541. The summed E-state index contributed by atoms with van der Waals surface area (Å²) in [6.07, 6.45) is 2.54. The Morgan fingerprint density at radius 1 is 1.47 bits per heavy atom. The first-order valence-corrected chi connectivity index (χ1v) is 6.88. The number of halogens is 1. The molecule has 2 aromatic rings. The van der Waals surface area contributed by atoms with Crippen molar-refractivity contribution < 1.29 is 0 Å². The van der Waals surface area contributed by atoms with Crippen molar-refractivity contribution in [2.45, 2.75) is 18.8 Å². The van der Waals surface area contributed by atoms with Gasteiger partial charge in [0.2, 0.25) is 0 Å². The number of rotatable bonds is 1. The molecule has 1 fully saturated rings. The van der Waals surface area contributed by atoms with E-state index < -0.39 is 0 Å². The number of hydrogen-bond donors (Lipinski definition) is 1. The molecule has 1 aliphatic rings. The van der Waals surface area contributed by atoms with Gasteiger partial charge in [-0.05, 0) is 46.8 Å². The fourth-order valence-corrected chi connectivity index (χ4v) is 3.33. The van der Waals surface area contributed by atoms with E-state index in [9.17, 15) is 0 Å². The zero-order chi connectivity index (χ0) is 11.8. The van der Waals surface area contributed by atoms with E-state index in [1.165, 1.54) is 29.3 Å². The maximum absolute atomic E-state index is 4.46. The van der Waals surface area contributed by atoms with Crippen LogP contribution in [0, 0.1) is 0 Å². The molecule has 0 radical (unpaired) electrons. The van der Waals surface area contributed by atoms with Gasteiger partial charge in [0.25, 0.3) is 0 Å². The maximum Gasteiger partial charge on any atom is 0.135 e. The van der Waals surface area contributed by atoms with E-state index in [0.29, 0.717) is 5.92 Å². The summed E-state index contributed by atoms with van der Waals surface area (Å²) < 4.78 is 2.93. The summed E-state index contributed by atoms with van der Waals surface area (Å²) in [5, 5.41) is 9.16. The van der Waals surface area contributed by atoms with Gasteiger partial charge in [0.15, 0.2) is 0 Å². The average molecular weight is 294 g/mol. The minimum atomic E-state index is 0.620. The first-order valence-electron chi connectivity index (χ1n) is 6.09. The van der Waals surface area contributed by atoms with Crippen LogP contribution in [0.1, 0.15) is 24.3 Å². The highest BCUT2D eigenvalue weighted by Gasteiger charge is 2.19. The van der Waals surface area contributed by atoms with E-state index in [-0.39, 0.29) is 0 Å². The highest BCUT2D eigenvalue weighted by Crippen LogP contribution is 2.32. The van der Waals surface area contributed by atoms with Crippen LogP contribution >= 0.6 is 15.9 Å². The quantitative estimate of drug-likeness (QED) is 0.876. The number of nitrogens with zero attached hydrogens (tertiary/aromatic N) is 2. The molecule has 17 heavy (non-hydrogen) atoms. The highest BCUT2D eigenvalue weighted by molar-refractivity contribution is 9.10. The summed E-state index contributed by atoms with van der Waals surface area (Å²) in [5.74, 6) is 0.620. The van der Waals surface area contributed by atoms with Gasteiger partial charge in [-0.2, -0.15) is 5.10 Å². The van der Waals surface area contributed by atoms with Crippen LogP contribution in [-0.2, 0) is 7.05 Å². The molecule has 1 aliphatic heterocycles. The number of para-hydroxylation sites is 1. The largest absolute Gasteiger partial charge is 0.316 e. The molecule has 3 nitrogen and oxygen atoms in total. The number of fused-ring (bicyclic) bond motifs is 1. The van der Waals surface area contributed by atoms with Crippen molar-refractivity contribution in [1.29, 1.82) is 0 Å². The van der Waals surface area contributed by atoms with Crippen molar-refractivity contribution in [1.82, 2.24) is 15.1 Å². The van der Waals surface area contributed by atoms with Gasteiger partial charge in [-0.3, -0.25) is 4.68 Å². The molecule has 1 aromatic heterocycles. The third kappa shape index (κ3) is 1.89. The molecule has 0 aliphatic carbocycles. The SMILES string of the molecule is Cn1nc(Br)c2cccc(C3CCCNC3)c21. The van der Waals surface area contributed by atoms with Crippen LogP contribution in [0.5, 0.6) is 0 Å². The van der Waals surface area contributed by atoms with Gasteiger partial charge in [-0.25, -0.2) is 0 Å². The molecule has 0 amide bonds. The molecular formula is C13H16BrN3. The third-order valence-electron chi connectivity index (χ3n) is 3.59. The van der Waals surface area contributed by atoms with Crippen molar-refractivity contribution >= 4 is 26.8 Å². The van der Waals surface area contributed by atoms with Crippen LogP contribution in [-0.4, -0.2) is 22.9 Å². The van der Waals surface area contributed by atoms with Gasteiger partial charge in [-0.1, -0.05) is 18.2 Å². The Morgan fingerprint density at radius 3 is 3.12 bits per heavy atom. The summed E-state index contributed by atoms with van der Waals surface area (Å²) in [6, 6.07) is 6.51. The molecule has 0 bridgehead atoms. The van der Waals surface area contributed by atoms with Crippen LogP contribution in [0.3, 0.4) is 0 Å². The molecule has 90 valence electrons. The fraction of sp³-hybridized carbons (Fsp3) is 0.462. The zero-order valence-corrected chi connectivity index (χ0v) is 11.5. The second kappa shape index (κ2) is 4.42. The number of piperidine rings is 1. The normalized spacial score (nSPS) is 20.9. The third-order valence-corrected chi connectivity index (χ3v) is 4.17. The Hall–Kier alpha value is -0.870. The summed E-state index contributed by atoms with van der Waals surface area (Å²) in [7, 11) is 2.02. The Kier molecular flexibility index (Phi) is 2.92. The van der Waals surface area contributed by atoms with E-state index in [1.807, 2.05) is 11.7 Å². The average Bonchev–Trinajstić information content (AvgIpc) is 2.66. The highest BCUT2D eigenvalue weighted by atomic mass is 79.9. The Labute approximate surface area is 109 Å². The Morgan fingerprint density at radius 2 is 2.35 bits per heavy atom. The van der Waals surface area contributed by atoms with Crippen molar-refractivity contribution in [2.75, 3.05) is 13.1 Å². The monoisotopic (exact) mass is 293 g/mol. The molecular weight excluding hydrogens is 278 g/mol. The lowest BCUT2D eigenvalue weighted by atomic mass is 9.90. The van der Waals surface area contributed by atoms with Gasteiger partial charge >= 0.3 is 0 Å². The number of aromatic nitrogens is 2. The second-order valence-corrected chi connectivity index (χ2v) is 5.45. The molecule has 2 heterocycles. The summed E-state index contributed by atoms with van der Waals surface area (Å²) in [6.45, 7) is 2.24. The van der Waals surface area contributed by atoms with Crippen LogP contribution in [0.2, 0.25) is 0 Å². The molecule has 0 saturated carbocycles. The smallest absolute Gasteiger partial charge is 0.135 e. The lowest BCUT2D eigenvalue weighted by Gasteiger charge is -2.23. The first-order chi connectivity index (χ1) is 8.27. The zero-order valence-electron chi connectivity index (χ0n) is 9.91. The maximum atomic E-state index is 4.46. The molecule has 1 saturated heterocycles. The van der Waals surface area contributed by atoms with Crippen molar-refractivity contribution in [2.24, 2.45) is 7.05 Å². The predicted molar refractivity (Wildman–Crippen MR) is 73.3 cm³/mol.